The molecule has 0 saturated heterocycles. The van der Waals surface area contributed by atoms with Gasteiger partial charge in [-0.1, -0.05) is 0 Å². The number of carbonyl (C=O) groups excluding carboxylic acids is 1. The van der Waals surface area contributed by atoms with Gasteiger partial charge in [-0.25, -0.2) is 0 Å². The van der Waals surface area contributed by atoms with Gasteiger partial charge in [0.2, 0.25) is 5.91 Å². The van der Waals surface area contributed by atoms with E-state index in [2.05, 4.69) is 11.2 Å². The fourth-order valence-electron chi connectivity index (χ4n) is 1.47. The summed E-state index contributed by atoms with van der Waals surface area (Å²) >= 11 is 0. The lowest BCUT2D eigenvalue weighted by Gasteiger charge is -2.40. The number of terminal acetylenes is 1. The summed E-state index contributed by atoms with van der Waals surface area (Å²) in [6.07, 6.45) is 8.71. The molecule has 0 aromatic rings. The van der Waals surface area contributed by atoms with Crippen LogP contribution in [0, 0.1) is 12.3 Å². The molecule has 0 radical (unpaired) electrons. The molecule has 3 heteroatoms. The van der Waals surface area contributed by atoms with Crippen molar-refractivity contribution in [2.24, 2.45) is 0 Å². The highest BCUT2D eigenvalue weighted by atomic mass is 16.3. The maximum absolute atomic E-state index is 11.3. The van der Waals surface area contributed by atoms with Crippen molar-refractivity contribution >= 4 is 5.91 Å². The van der Waals surface area contributed by atoms with Crippen molar-refractivity contribution in [3.8, 4) is 12.3 Å². The van der Waals surface area contributed by atoms with Gasteiger partial charge in [-0.2, -0.15) is 0 Å². The largest absolute Gasteiger partial charge is 0.394 e. The minimum Gasteiger partial charge on any atom is -0.394 e. The molecule has 0 aromatic heterocycles. The average molecular weight is 181 g/mol. The van der Waals surface area contributed by atoms with Crippen LogP contribution >= 0.6 is 0 Å². The van der Waals surface area contributed by atoms with E-state index >= 15 is 0 Å². The van der Waals surface area contributed by atoms with E-state index < -0.39 is 0 Å². The lowest BCUT2D eigenvalue weighted by molar-refractivity contribution is -0.124. The Morgan fingerprint density at radius 1 is 1.62 bits per heavy atom. The molecule has 0 bridgehead atoms. The summed E-state index contributed by atoms with van der Waals surface area (Å²) < 4.78 is 0. The normalized spacial score (nSPS) is 18.5. The molecule has 0 spiro atoms. The van der Waals surface area contributed by atoms with Crippen LogP contribution in [0.1, 0.15) is 32.1 Å². The summed E-state index contributed by atoms with van der Waals surface area (Å²) in [7, 11) is 0. The Hall–Kier alpha value is -1.01. The molecule has 1 aliphatic carbocycles. The first-order chi connectivity index (χ1) is 6.22. The summed E-state index contributed by atoms with van der Waals surface area (Å²) in [4.78, 5) is 11.3. The van der Waals surface area contributed by atoms with E-state index in [9.17, 15) is 4.79 Å². The molecule has 3 nitrogen and oxygen atoms in total. The van der Waals surface area contributed by atoms with Crippen LogP contribution in [0.15, 0.2) is 0 Å². The van der Waals surface area contributed by atoms with Crippen molar-refractivity contribution in [2.75, 3.05) is 6.61 Å². The second-order valence-corrected chi connectivity index (χ2v) is 3.54. The number of aliphatic hydroxyl groups is 1. The third-order valence-corrected chi connectivity index (χ3v) is 2.51. The Balaban J connectivity index is 2.30. The number of rotatable bonds is 4. The Bertz CT molecular complexity index is 220. The van der Waals surface area contributed by atoms with Gasteiger partial charge >= 0.3 is 0 Å². The van der Waals surface area contributed by atoms with Gasteiger partial charge in [-0.05, 0) is 19.3 Å². The minimum absolute atomic E-state index is 0.0365. The Morgan fingerprint density at radius 2 is 2.31 bits per heavy atom. The molecule has 72 valence electrons. The van der Waals surface area contributed by atoms with Crippen molar-refractivity contribution < 1.29 is 9.90 Å². The first-order valence-electron chi connectivity index (χ1n) is 4.58. The van der Waals surface area contributed by atoms with Crippen molar-refractivity contribution in [3.05, 3.63) is 0 Å². The first kappa shape index (κ1) is 10.1. The van der Waals surface area contributed by atoms with Gasteiger partial charge in [0.25, 0.3) is 0 Å². The van der Waals surface area contributed by atoms with Crippen LogP contribution < -0.4 is 5.32 Å². The quantitative estimate of drug-likeness (QED) is 0.618. The zero-order valence-corrected chi connectivity index (χ0v) is 7.68. The van der Waals surface area contributed by atoms with Gasteiger partial charge in [-0.15, -0.1) is 12.3 Å². The number of hydrogen-bond acceptors (Lipinski definition) is 2. The highest BCUT2D eigenvalue weighted by Crippen LogP contribution is 2.31. The van der Waals surface area contributed by atoms with Gasteiger partial charge in [0.15, 0.2) is 0 Å². The highest BCUT2D eigenvalue weighted by molar-refractivity contribution is 5.77. The topological polar surface area (TPSA) is 49.3 Å². The van der Waals surface area contributed by atoms with Gasteiger partial charge < -0.3 is 10.4 Å². The highest BCUT2D eigenvalue weighted by Gasteiger charge is 2.37. The van der Waals surface area contributed by atoms with E-state index in [1.54, 1.807) is 0 Å². The molecular formula is C10H15NO2. The maximum Gasteiger partial charge on any atom is 0.221 e. The molecule has 1 fully saturated rings. The van der Waals surface area contributed by atoms with E-state index in [0.29, 0.717) is 12.8 Å². The van der Waals surface area contributed by atoms with Crippen LogP contribution in [0.3, 0.4) is 0 Å². The fourth-order valence-corrected chi connectivity index (χ4v) is 1.47. The monoisotopic (exact) mass is 181 g/mol. The predicted octanol–water partition coefficient (Wildman–Crippen LogP) is 0.431. The Kier molecular flexibility index (Phi) is 3.32. The van der Waals surface area contributed by atoms with Gasteiger partial charge in [0, 0.05) is 12.8 Å². The number of amides is 1. The number of carbonyl (C=O) groups is 1. The molecule has 0 aromatic carbocycles. The standard InChI is InChI=1S/C10H15NO2/c1-2-3-5-9(13)11-10(8-12)6-4-7-10/h1,12H,3-8H2,(H,11,13). The van der Waals surface area contributed by atoms with Gasteiger partial charge in [0.05, 0.1) is 12.1 Å². The molecule has 1 amide bonds. The van der Waals surface area contributed by atoms with E-state index in [-0.39, 0.29) is 18.1 Å². The lowest BCUT2D eigenvalue weighted by atomic mass is 9.77. The molecular weight excluding hydrogens is 166 g/mol. The number of aliphatic hydroxyl groups excluding tert-OH is 1. The van der Waals surface area contributed by atoms with Crippen molar-refractivity contribution in [1.29, 1.82) is 0 Å². The van der Waals surface area contributed by atoms with E-state index in [1.807, 2.05) is 0 Å². The number of nitrogens with one attached hydrogen (secondary N) is 1. The second kappa shape index (κ2) is 4.29. The SMILES string of the molecule is C#CCCC(=O)NC1(CO)CCC1. The van der Waals surface area contributed by atoms with E-state index in [0.717, 1.165) is 19.3 Å². The second-order valence-electron chi connectivity index (χ2n) is 3.54. The first-order valence-corrected chi connectivity index (χ1v) is 4.58. The molecule has 0 atom stereocenters. The van der Waals surface area contributed by atoms with Crippen LogP contribution in [0.2, 0.25) is 0 Å². The third kappa shape index (κ3) is 2.46. The summed E-state index contributed by atoms with van der Waals surface area (Å²) in [5.41, 5.74) is -0.328. The zero-order valence-electron chi connectivity index (χ0n) is 7.68. The van der Waals surface area contributed by atoms with Crippen LogP contribution in [-0.2, 0) is 4.79 Å². The van der Waals surface area contributed by atoms with E-state index in [4.69, 9.17) is 11.5 Å². The van der Waals surface area contributed by atoms with Crippen LogP contribution in [0.5, 0.6) is 0 Å². The third-order valence-electron chi connectivity index (χ3n) is 2.51. The van der Waals surface area contributed by atoms with Crippen molar-refractivity contribution in [3.63, 3.8) is 0 Å². The Morgan fingerprint density at radius 3 is 2.69 bits per heavy atom. The molecule has 13 heavy (non-hydrogen) atoms. The lowest BCUT2D eigenvalue weighted by Crippen LogP contribution is -2.56. The average Bonchev–Trinajstić information content (AvgIpc) is 2.08. The fraction of sp³-hybridized carbons (Fsp3) is 0.700. The van der Waals surface area contributed by atoms with Crippen LogP contribution in [0.4, 0.5) is 0 Å². The van der Waals surface area contributed by atoms with Crippen LogP contribution in [-0.4, -0.2) is 23.2 Å². The molecule has 0 unspecified atom stereocenters. The molecule has 0 heterocycles. The van der Waals surface area contributed by atoms with Crippen molar-refractivity contribution in [1.82, 2.24) is 5.32 Å². The van der Waals surface area contributed by atoms with E-state index in [1.165, 1.54) is 0 Å². The molecule has 2 N–H and O–H groups in total. The smallest absolute Gasteiger partial charge is 0.221 e. The number of hydrogen-bond donors (Lipinski definition) is 2. The molecule has 1 saturated carbocycles. The predicted molar refractivity (Wildman–Crippen MR) is 49.9 cm³/mol. The van der Waals surface area contributed by atoms with Crippen molar-refractivity contribution in [2.45, 2.75) is 37.6 Å². The van der Waals surface area contributed by atoms with Gasteiger partial charge in [0.1, 0.15) is 0 Å². The Labute approximate surface area is 78.5 Å². The maximum atomic E-state index is 11.3. The van der Waals surface area contributed by atoms with Gasteiger partial charge in [-0.3, -0.25) is 4.79 Å². The summed E-state index contributed by atoms with van der Waals surface area (Å²) in [5, 5.41) is 11.9. The molecule has 1 rings (SSSR count). The van der Waals surface area contributed by atoms with Crippen LogP contribution in [0.25, 0.3) is 0 Å². The molecule has 0 aliphatic heterocycles. The summed E-state index contributed by atoms with van der Waals surface area (Å²) in [6, 6.07) is 0. The summed E-state index contributed by atoms with van der Waals surface area (Å²) in [6.45, 7) is 0.0365. The zero-order chi connectivity index (χ0) is 9.73. The summed E-state index contributed by atoms with van der Waals surface area (Å²) in [5.74, 6) is 2.37. The minimum atomic E-state index is -0.328. The molecule has 1 aliphatic rings.